The maximum Gasteiger partial charge on any atom is 0.323 e. The average molecular weight is 520 g/mol. The highest BCUT2D eigenvalue weighted by Crippen LogP contribution is 2.25. The molecule has 2 aromatic carbocycles. The van der Waals surface area contributed by atoms with Crippen LogP contribution in [-0.2, 0) is 9.47 Å². The number of hydrogen-bond donors (Lipinski definition) is 3. The van der Waals surface area contributed by atoms with E-state index in [0.717, 1.165) is 12.0 Å². The fourth-order valence-electron chi connectivity index (χ4n) is 4.15. The summed E-state index contributed by atoms with van der Waals surface area (Å²) >= 11 is 0. The minimum absolute atomic E-state index is 0.0997. The molecule has 2 saturated heterocycles. The molecular formula is C26H29N7O5. The fraction of sp³-hybridized carbons (Fsp3) is 0.346. The van der Waals surface area contributed by atoms with Crippen LogP contribution in [0.15, 0.2) is 48.5 Å². The van der Waals surface area contributed by atoms with E-state index in [1.54, 1.807) is 36.4 Å². The fourth-order valence-corrected chi connectivity index (χ4v) is 4.15. The molecule has 12 heteroatoms. The maximum atomic E-state index is 12.4. The molecular weight excluding hydrogens is 490 g/mol. The molecule has 0 radical (unpaired) electrons. The van der Waals surface area contributed by atoms with E-state index in [1.807, 2.05) is 12.1 Å². The van der Waals surface area contributed by atoms with Crippen LogP contribution in [0.2, 0.25) is 0 Å². The third-order valence-corrected chi connectivity index (χ3v) is 6.22. The summed E-state index contributed by atoms with van der Waals surface area (Å²) in [6, 6.07) is 13.4. The molecule has 2 aliphatic heterocycles. The molecule has 0 bridgehead atoms. The van der Waals surface area contributed by atoms with Gasteiger partial charge in [-0.05, 0) is 55.5 Å². The van der Waals surface area contributed by atoms with Gasteiger partial charge >= 0.3 is 12.0 Å². The number of anilines is 3. The van der Waals surface area contributed by atoms with Gasteiger partial charge in [-0.3, -0.25) is 4.79 Å². The van der Waals surface area contributed by atoms with Gasteiger partial charge < -0.3 is 35.5 Å². The molecule has 12 nitrogen and oxygen atoms in total. The van der Waals surface area contributed by atoms with Gasteiger partial charge in [0.05, 0.1) is 32.5 Å². The molecule has 2 aliphatic rings. The molecule has 3 amide bonds. The first-order valence-electron chi connectivity index (χ1n) is 12.4. The molecule has 2 unspecified atom stereocenters. The first-order valence-corrected chi connectivity index (χ1v) is 12.4. The van der Waals surface area contributed by atoms with E-state index in [9.17, 15) is 9.59 Å². The lowest BCUT2D eigenvalue weighted by Crippen LogP contribution is -2.44. The van der Waals surface area contributed by atoms with Crippen LogP contribution in [-0.4, -0.2) is 72.0 Å². The predicted molar refractivity (Wildman–Crippen MR) is 140 cm³/mol. The summed E-state index contributed by atoms with van der Waals surface area (Å²) in [7, 11) is 0. The molecule has 0 saturated carbocycles. The first kappa shape index (κ1) is 25.4. The van der Waals surface area contributed by atoms with Crippen molar-refractivity contribution in [1.29, 1.82) is 0 Å². The van der Waals surface area contributed by atoms with Crippen molar-refractivity contribution in [2.45, 2.75) is 25.5 Å². The van der Waals surface area contributed by atoms with Crippen LogP contribution in [0.4, 0.5) is 22.1 Å². The van der Waals surface area contributed by atoms with Gasteiger partial charge in [0, 0.05) is 35.5 Å². The van der Waals surface area contributed by atoms with E-state index < -0.39 is 11.9 Å². The van der Waals surface area contributed by atoms with E-state index in [4.69, 9.17) is 24.9 Å². The minimum atomic E-state index is -0.530. The van der Waals surface area contributed by atoms with Gasteiger partial charge in [0.25, 0.3) is 0 Å². The summed E-state index contributed by atoms with van der Waals surface area (Å²) < 4.78 is 17.0. The molecule has 1 aromatic heterocycles. The number of nitrogens with two attached hydrogens (primary N) is 1. The summed E-state index contributed by atoms with van der Waals surface area (Å²) in [5.41, 5.74) is 7.46. The molecule has 0 aliphatic carbocycles. The van der Waals surface area contributed by atoms with Crippen molar-refractivity contribution in [2.75, 3.05) is 48.5 Å². The Morgan fingerprint density at radius 1 is 0.947 bits per heavy atom. The lowest BCUT2D eigenvalue weighted by molar-refractivity contribution is 0.0976. The topological polar surface area (TPSA) is 154 Å². The number of benzene rings is 2. The molecule has 3 heterocycles. The number of rotatable bonds is 7. The number of nitrogens with one attached hydrogen (secondary N) is 2. The average Bonchev–Trinajstić information content (AvgIpc) is 3.42. The molecule has 4 N–H and O–H groups in total. The van der Waals surface area contributed by atoms with E-state index in [-0.39, 0.29) is 18.2 Å². The van der Waals surface area contributed by atoms with Gasteiger partial charge in [-0.1, -0.05) is 0 Å². The van der Waals surface area contributed by atoms with Crippen molar-refractivity contribution in [1.82, 2.24) is 15.0 Å². The zero-order valence-corrected chi connectivity index (χ0v) is 20.9. The first-order chi connectivity index (χ1) is 18.4. The monoisotopic (exact) mass is 519 g/mol. The van der Waals surface area contributed by atoms with Gasteiger partial charge in [0.2, 0.25) is 11.9 Å². The SMILES string of the molecule is CC1COCCN1c1nc(OC2CCOC2)nc(-c2ccc(NC(=O)Nc3ccc(C(N)=O)cc3)cc2)n1. The van der Waals surface area contributed by atoms with Gasteiger partial charge in [-0.25, -0.2) is 4.79 Å². The van der Waals surface area contributed by atoms with E-state index in [0.29, 0.717) is 61.7 Å². The van der Waals surface area contributed by atoms with Crippen LogP contribution in [0, 0.1) is 0 Å². The molecule has 2 fully saturated rings. The third kappa shape index (κ3) is 6.15. The summed E-state index contributed by atoms with van der Waals surface area (Å²) in [5.74, 6) is 0.467. The largest absolute Gasteiger partial charge is 0.457 e. The highest BCUT2D eigenvalue weighted by Gasteiger charge is 2.25. The summed E-state index contributed by atoms with van der Waals surface area (Å²) in [5, 5.41) is 5.49. The number of ether oxygens (including phenoxy) is 3. The van der Waals surface area contributed by atoms with E-state index in [1.165, 1.54) is 0 Å². The number of hydrogen-bond acceptors (Lipinski definition) is 9. The van der Waals surface area contributed by atoms with Crippen LogP contribution < -0.4 is 26.0 Å². The van der Waals surface area contributed by atoms with E-state index >= 15 is 0 Å². The Morgan fingerprint density at radius 2 is 1.63 bits per heavy atom. The Bertz CT molecular complexity index is 1280. The Balaban J connectivity index is 1.31. The second kappa shape index (κ2) is 11.4. The zero-order chi connectivity index (χ0) is 26.5. The Morgan fingerprint density at radius 3 is 2.26 bits per heavy atom. The van der Waals surface area contributed by atoms with Crippen molar-refractivity contribution >= 4 is 29.3 Å². The minimum Gasteiger partial charge on any atom is -0.457 e. The molecule has 198 valence electrons. The van der Waals surface area contributed by atoms with Crippen molar-refractivity contribution in [3.05, 3.63) is 54.1 Å². The van der Waals surface area contributed by atoms with Crippen molar-refractivity contribution in [3.63, 3.8) is 0 Å². The number of amides is 3. The highest BCUT2D eigenvalue weighted by atomic mass is 16.6. The summed E-state index contributed by atoms with van der Waals surface area (Å²) in [6.45, 7) is 5.06. The highest BCUT2D eigenvalue weighted by molar-refractivity contribution is 6.00. The quantitative estimate of drug-likeness (QED) is 0.427. The Hall–Kier alpha value is -4.29. The van der Waals surface area contributed by atoms with Crippen molar-refractivity contribution in [3.8, 4) is 17.4 Å². The Labute approximate surface area is 219 Å². The lowest BCUT2D eigenvalue weighted by atomic mass is 10.2. The summed E-state index contributed by atoms with van der Waals surface area (Å²) in [6.07, 6.45) is 0.680. The Kier molecular flexibility index (Phi) is 7.61. The number of nitrogens with zero attached hydrogens (tertiary/aromatic N) is 4. The van der Waals surface area contributed by atoms with Crippen molar-refractivity contribution in [2.24, 2.45) is 5.73 Å². The normalized spacial score (nSPS) is 19.1. The van der Waals surface area contributed by atoms with Gasteiger partial charge in [0.15, 0.2) is 5.82 Å². The number of morpholine rings is 1. The van der Waals surface area contributed by atoms with Crippen LogP contribution in [0.3, 0.4) is 0 Å². The standard InChI is InChI=1S/C26H29N7O5/c1-16-14-37-13-11-33(16)24-30-23(31-26(32-24)38-21-10-12-36-15-21)18-4-8-20(9-5-18)29-25(35)28-19-6-2-17(3-7-19)22(27)34/h2-9,16,21H,10-15H2,1H3,(H2,27,34)(H2,28,29,35). The number of aromatic nitrogens is 3. The van der Waals surface area contributed by atoms with Gasteiger partial charge in [0.1, 0.15) is 6.10 Å². The van der Waals surface area contributed by atoms with Gasteiger partial charge in [-0.2, -0.15) is 15.0 Å². The number of carbonyl (C=O) groups is 2. The summed E-state index contributed by atoms with van der Waals surface area (Å²) in [4.78, 5) is 39.6. The maximum absolute atomic E-state index is 12.4. The van der Waals surface area contributed by atoms with Crippen LogP contribution in [0.5, 0.6) is 6.01 Å². The molecule has 2 atom stereocenters. The predicted octanol–water partition coefficient (Wildman–Crippen LogP) is 2.67. The third-order valence-electron chi connectivity index (χ3n) is 6.22. The van der Waals surface area contributed by atoms with Crippen LogP contribution in [0.25, 0.3) is 11.4 Å². The van der Waals surface area contributed by atoms with Crippen LogP contribution >= 0.6 is 0 Å². The second-order valence-corrected chi connectivity index (χ2v) is 9.06. The number of primary amides is 1. The number of urea groups is 1. The molecule has 5 rings (SSSR count). The zero-order valence-electron chi connectivity index (χ0n) is 20.9. The van der Waals surface area contributed by atoms with Crippen molar-refractivity contribution < 1.29 is 23.8 Å². The number of carbonyl (C=O) groups excluding carboxylic acids is 2. The molecule has 3 aromatic rings. The molecule has 0 spiro atoms. The second-order valence-electron chi connectivity index (χ2n) is 9.06. The van der Waals surface area contributed by atoms with E-state index in [2.05, 4.69) is 32.4 Å². The van der Waals surface area contributed by atoms with Gasteiger partial charge in [-0.15, -0.1) is 0 Å². The molecule has 38 heavy (non-hydrogen) atoms. The van der Waals surface area contributed by atoms with Crippen LogP contribution in [0.1, 0.15) is 23.7 Å². The lowest BCUT2D eigenvalue weighted by Gasteiger charge is -2.33. The smallest absolute Gasteiger partial charge is 0.323 e.